The minimum absolute atomic E-state index is 0.351. The third kappa shape index (κ3) is 4.61. The molecule has 17 heavy (non-hydrogen) atoms. The van der Waals surface area contributed by atoms with E-state index in [1.807, 2.05) is 6.07 Å². The largest absolute Gasteiger partial charge is 0.392 e. The molecule has 1 unspecified atom stereocenters. The number of benzene rings is 1. The highest BCUT2D eigenvalue weighted by Crippen LogP contribution is 2.22. The van der Waals surface area contributed by atoms with Crippen molar-refractivity contribution < 1.29 is 5.11 Å². The Kier molecular flexibility index (Phi) is 5.78. The first-order valence-corrected chi connectivity index (χ1v) is 5.84. The van der Waals surface area contributed by atoms with Gasteiger partial charge in [-0.15, -0.1) is 0 Å². The molecule has 0 aliphatic carbocycles. The summed E-state index contributed by atoms with van der Waals surface area (Å²) in [5.74, 6) is 0. The minimum Gasteiger partial charge on any atom is -0.392 e. The lowest BCUT2D eigenvalue weighted by Crippen LogP contribution is -2.29. The summed E-state index contributed by atoms with van der Waals surface area (Å²) in [4.78, 5) is 0. The lowest BCUT2D eigenvalue weighted by Gasteiger charge is -2.10. The van der Waals surface area contributed by atoms with Crippen LogP contribution in [0, 0.1) is 11.3 Å². The van der Waals surface area contributed by atoms with Gasteiger partial charge in [0.2, 0.25) is 0 Å². The van der Waals surface area contributed by atoms with Crippen LogP contribution in [0.4, 0.5) is 5.69 Å². The first-order chi connectivity index (χ1) is 8.15. The van der Waals surface area contributed by atoms with Crippen LogP contribution in [0.5, 0.6) is 0 Å². The quantitative estimate of drug-likeness (QED) is 0.674. The van der Waals surface area contributed by atoms with Crippen LogP contribution in [-0.2, 0) is 0 Å². The Balaban J connectivity index is 2.42. The van der Waals surface area contributed by atoms with Crippen LogP contribution in [0.2, 0.25) is 5.02 Å². The number of aliphatic hydroxyl groups excluding tert-OH is 1. The van der Waals surface area contributed by atoms with Crippen LogP contribution < -0.4 is 10.6 Å². The maximum absolute atomic E-state index is 9.04. The van der Waals surface area contributed by atoms with Gasteiger partial charge >= 0.3 is 0 Å². The van der Waals surface area contributed by atoms with Gasteiger partial charge in [-0.2, -0.15) is 5.26 Å². The number of nitrogens with one attached hydrogen (secondary N) is 2. The molecule has 0 spiro atoms. The third-order valence-electron chi connectivity index (χ3n) is 2.18. The van der Waals surface area contributed by atoms with Crippen molar-refractivity contribution in [2.24, 2.45) is 0 Å². The van der Waals surface area contributed by atoms with Crippen molar-refractivity contribution in [3.8, 4) is 6.07 Å². The van der Waals surface area contributed by atoms with E-state index < -0.39 is 0 Å². The lowest BCUT2D eigenvalue weighted by atomic mass is 10.2. The summed E-state index contributed by atoms with van der Waals surface area (Å²) in [7, 11) is 0. The molecule has 0 aliphatic heterocycles. The standard InChI is InChI=1S/C12H16ClN3O/c1-9(17)8-15-5-6-16-12-4-2-3-11(13)10(12)7-14/h2-4,9,15-17H,5-6,8H2,1H3. The smallest absolute Gasteiger partial charge is 0.103 e. The van der Waals surface area contributed by atoms with Gasteiger partial charge < -0.3 is 15.7 Å². The normalized spacial score (nSPS) is 11.9. The van der Waals surface area contributed by atoms with Gasteiger partial charge in [-0.25, -0.2) is 0 Å². The molecular formula is C12H16ClN3O. The number of anilines is 1. The number of hydrogen-bond acceptors (Lipinski definition) is 4. The molecule has 0 aliphatic rings. The maximum Gasteiger partial charge on any atom is 0.103 e. The van der Waals surface area contributed by atoms with E-state index in [4.69, 9.17) is 22.0 Å². The van der Waals surface area contributed by atoms with Crippen molar-refractivity contribution in [2.75, 3.05) is 25.0 Å². The lowest BCUT2D eigenvalue weighted by molar-refractivity contribution is 0.192. The van der Waals surface area contributed by atoms with Gasteiger partial charge in [0.25, 0.3) is 0 Å². The summed E-state index contributed by atoms with van der Waals surface area (Å²) in [5.41, 5.74) is 1.20. The molecule has 0 radical (unpaired) electrons. The number of aliphatic hydroxyl groups is 1. The fourth-order valence-electron chi connectivity index (χ4n) is 1.38. The molecule has 0 saturated carbocycles. The molecule has 1 rings (SSSR count). The molecule has 4 nitrogen and oxygen atoms in total. The molecule has 3 N–H and O–H groups in total. The van der Waals surface area contributed by atoms with E-state index in [1.165, 1.54) is 0 Å². The number of nitrogens with zero attached hydrogens (tertiary/aromatic N) is 1. The molecular weight excluding hydrogens is 238 g/mol. The fourth-order valence-corrected chi connectivity index (χ4v) is 1.60. The van der Waals surface area contributed by atoms with Crippen LogP contribution >= 0.6 is 11.6 Å². The Hall–Kier alpha value is -1.28. The molecule has 1 atom stereocenters. The van der Waals surface area contributed by atoms with Gasteiger partial charge in [0.15, 0.2) is 0 Å². The van der Waals surface area contributed by atoms with Crippen molar-refractivity contribution >= 4 is 17.3 Å². The van der Waals surface area contributed by atoms with E-state index in [0.717, 1.165) is 5.69 Å². The van der Waals surface area contributed by atoms with E-state index >= 15 is 0 Å². The minimum atomic E-state index is -0.351. The van der Waals surface area contributed by atoms with Gasteiger partial charge in [-0.3, -0.25) is 0 Å². The van der Waals surface area contributed by atoms with Crippen LogP contribution in [0.3, 0.4) is 0 Å². The van der Waals surface area contributed by atoms with Gasteiger partial charge in [0.1, 0.15) is 6.07 Å². The summed E-state index contributed by atoms with van der Waals surface area (Å²) in [6, 6.07) is 7.38. The Bertz CT molecular complexity index is 401. The average molecular weight is 254 g/mol. The van der Waals surface area contributed by atoms with Crippen LogP contribution in [0.15, 0.2) is 18.2 Å². The highest BCUT2D eigenvalue weighted by molar-refractivity contribution is 6.32. The van der Waals surface area contributed by atoms with E-state index in [-0.39, 0.29) is 6.10 Å². The molecule has 0 aromatic heterocycles. The third-order valence-corrected chi connectivity index (χ3v) is 2.50. The van der Waals surface area contributed by atoms with Crippen molar-refractivity contribution in [1.29, 1.82) is 5.26 Å². The molecule has 0 amide bonds. The maximum atomic E-state index is 9.04. The number of rotatable bonds is 6. The number of nitriles is 1. The highest BCUT2D eigenvalue weighted by atomic mass is 35.5. The molecule has 0 fully saturated rings. The Labute approximate surface area is 106 Å². The predicted octanol–water partition coefficient (Wildman–Crippen LogP) is 1.59. The zero-order valence-corrected chi connectivity index (χ0v) is 10.5. The van der Waals surface area contributed by atoms with Crippen molar-refractivity contribution in [2.45, 2.75) is 13.0 Å². The zero-order chi connectivity index (χ0) is 12.7. The van der Waals surface area contributed by atoms with Crippen LogP contribution in [-0.4, -0.2) is 30.8 Å². The fraction of sp³-hybridized carbons (Fsp3) is 0.417. The van der Waals surface area contributed by atoms with E-state index in [1.54, 1.807) is 19.1 Å². The summed E-state index contributed by atoms with van der Waals surface area (Å²) in [6.07, 6.45) is -0.351. The van der Waals surface area contributed by atoms with Crippen LogP contribution in [0.1, 0.15) is 12.5 Å². The number of hydrogen-bond donors (Lipinski definition) is 3. The van der Waals surface area contributed by atoms with Gasteiger partial charge in [0, 0.05) is 19.6 Å². The first kappa shape index (κ1) is 13.8. The molecule has 92 valence electrons. The topological polar surface area (TPSA) is 68.1 Å². The second-order valence-electron chi connectivity index (χ2n) is 3.75. The Morgan fingerprint density at radius 1 is 1.47 bits per heavy atom. The van der Waals surface area contributed by atoms with Gasteiger partial charge in [-0.05, 0) is 19.1 Å². The molecule has 0 bridgehead atoms. The van der Waals surface area contributed by atoms with E-state index in [2.05, 4.69) is 16.7 Å². The van der Waals surface area contributed by atoms with Gasteiger partial charge in [-0.1, -0.05) is 17.7 Å². The van der Waals surface area contributed by atoms with Crippen molar-refractivity contribution in [3.63, 3.8) is 0 Å². The van der Waals surface area contributed by atoms with Gasteiger partial charge in [0.05, 0.1) is 22.4 Å². The highest BCUT2D eigenvalue weighted by Gasteiger charge is 2.04. The second kappa shape index (κ2) is 7.13. The first-order valence-electron chi connectivity index (χ1n) is 5.46. The molecule has 5 heteroatoms. The Morgan fingerprint density at radius 2 is 2.24 bits per heavy atom. The zero-order valence-electron chi connectivity index (χ0n) is 9.70. The summed E-state index contributed by atoms with van der Waals surface area (Å²) in [6.45, 7) is 3.66. The summed E-state index contributed by atoms with van der Waals surface area (Å²) in [5, 5.41) is 24.7. The molecule has 1 aromatic rings. The van der Waals surface area contributed by atoms with E-state index in [0.29, 0.717) is 30.2 Å². The summed E-state index contributed by atoms with van der Waals surface area (Å²) >= 11 is 5.90. The predicted molar refractivity (Wildman–Crippen MR) is 69.2 cm³/mol. The van der Waals surface area contributed by atoms with E-state index in [9.17, 15) is 0 Å². The number of halogens is 1. The SMILES string of the molecule is CC(O)CNCCNc1cccc(Cl)c1C#N. The van der Waals surface area contributed by atoms with Crippen molar-refractivity contribution in [3.05, 3.63) is 28.8 Å². The molecule has 1 aromatic carbocycles. The summed E-state index contributed by atoms with van der Waals surface area (Å²) < 4.78 is 0. The second-order valence-corrected chi connectivity index (χ2v) is 4.16. The Morgan fingerprint density at radius 3 is 2.88 bits per heavy atom. The monoisotopic (exact) mass is 253 g/mol. The molecule has 0 saturated heterocycles. The average Bonchev–Trinajstić information content (AvgIpc) is 2.28. The molecule has 0 heterocycles. The van der Waals surface area contributed by atoms with Crippen molar-refractivity contribution in [1.82, 2.24) is 5.32 Å². The van der Waals surface area contributed by atoms with Crippen LogP contribution in [0.25, 0.3) is 0 Å².